The number of rotatable bonds is 6. The summed E-state index contributed by atoms with van der Waals surface area (Å²) in [7, 11) is 3.43. The standard InChI is InChI=1S/C18H22ClN3O/c1-20-18(22-13-15-5-3-4-6-17(15)19)21-12-11-14-7-9-16(23-2)10-8-14/h3-10H,11-13H2,1-2H3,(H2,20,21,22). The minimum atomic E-state index is 0.641. The van der Waals surface area contributed by atoms with E-state index >= 15 is 0 Å². The summed E-state index contributed by atoms with van der Waals surface area (Å²) in [6.45, 7) is 1.44. The van der Waals surface area contributed by atoms with Crippen LogP contribution in [0.15, 0.2) is 53.5 Å². The lowest BCUT2D eigenvalue weighted by atomic mass is 10.1. The van der Waals surface area contributed by atoms with Crippen LogP contribution >= 0.6 is 11.6 Å². The molecule has 0 fully saturated rings. The van der Waals surface area contributed by atoms with Gasteiger partial charge in [-0.05, 0) is 35.7 Å². The number of hydrogen-bond acceptors (Lipinski definition) is 2. The van der Waals surface area contributed by atoms with Crippen LogP contribution in [0.3, 0.4) is 0 Å². The van der Waals surface area contributed by atoms with Gasteiger partial charge in [0, 0.05) is 25.2 Å². The van der Waals surface area contributed by atoms with Crippen molar-refractivity contribution in [3.8, 4) is 5.75 Å². The molecule has 0 saturated carbocycles. The molecule has 0 atom stereocenters. The maximum Gasteiger partial charge on any atom is 0.191 e. The number of nitrogens with one attached hydrogen (secondary N) is 2. The zero-order valence-electron chi connectivity index (χ0n) is 13.5. The molecule has 0 aliphatic heterocycles. The summed E-state index contributed by atoms with van der Waals surface area (Å²) in [5.74, 6) is 1.64. The fraction of sp³-hybridized carbons (Fsp3) is 0.278. The molecule has 0 radical (unpaired) electrons. The van der Waals surface area contributed by atoms with Crippen molar-refractivity contribution in [2.24, 2.45) is 4.99 Å². The number of halogens is 1. The van der Waals surface area contributed by atoms with Gasteiger partial charge in [0.2, 0.25) is 0 Å². The first-order valence-corrected chi connectivity index (χ1v) is 7.91. The Morgan fingerprint density at radius 1 is 1.09 bits per heavy atom. The number of aliphatic imine (C=N–C) groups is 1. The second-order valence-corrected chi connectivity index (χ2v) is 5.45. The molecule has 0 spiro atoms. The largest absolute Gasteiger partial charge is 0.497 e. The van der Waals surface area contributed by atoms with Crippen LogP contribution < -0.4 is 15.4 Å². The van der Waals surface area contributed by atoms with Crippen LogP contribution in [0.25, 0.3) is 0 Å². The number of guanidine groups is 1. The number of benzene rings is 2. The van der Waals surface area contributed by atoms with E-state index in [1.807, 2.05) is 36.4 Å². The molecule has 2 rings (SSSR count). The van der Waals surface area contributed by atoms with Crippen molar-refractivity contribution in [2.45, 2.75) is 13.0 Å². The molecule has 0 bridgehead atoms. The molecule has 0 amide bonds. The van der Waals surface area contributed by atoms with Crippen molar-refractivity contribution in [1.82, 2.24) is 10.6 Å². The molecule has 0 aliphatic carbocycles. The summed E-state index contributed by atoms with van der Waals surface area (Å²) in [5, 5.41) is 7.32. The first-order valence-electron chi connectivity index (χ1n) is 7.54. The predicted octanol–water partition coefficient (Wildman–Crippen LogP) is 3.26. The molecule has 2 aromatic rings. The van der Waals surface area contributed by atoms with Crippen molar-refractivity contribution in [3.05, 3.63) is 64.7 Å². The van der Waals surface area contributed by atoms with Crippen LogP contribution in [-0.2, 0) is 13.0 Å². The SMILES string of the molecule is CN=C(NCCc1ccc(OC)cc1)NCc1ccccc1Cl. The minimum absolute atomic E-state index is 0.641. The van der Waals surface area contributed by atoms with Crippen LogP contribution in [0.4, 0.5) is 0 Å². The summed E-state index contributed by atoms with van der Waals surface area (Å²) in [4.78, 5) is 4.22. The maximum atomic E-state index is 6.15. The van der Waals surface area contributed by atoms with E-state index in [2.05, 4.69) is 27.8 Å². The molecule has 0 heterocycles. The van der Waals surface area contributed by atoms with Gasteiger partial charge in [0.15, 0.2) is 5.96 Å². The van der Waals surface area contributed by atoms with Crippen molar-refractivity contribution in [1.29, 1.82) is 0 Å². The molecule has 4 nitrogen and oxygen atoms in total. The topological polar surface area (TPSA) is 45.7 Å². The molecule has 0 unspecified atom stereocenters. The maximum absolute atomic E-state index is 6.15. The Bertz CT molecular complexity index is 641. The van der Waals surface area contributed by atoms with E-state index in [1.54, 1.807) is 14.2 Å². The molecule has 23 heavy (non-hydrogen) atoms. The molecular formula is C18H22ClN3O. The zero-order chi connectivity index (χ0) is 16.5. The molecule has 0 aromatic heterocycles. The second-order valence-electron chi connectivity index (χ2n) is 5.04. The Morgan fingerprint density at radius 3 is 2.48 bits per heavy atom. The van der Waals surface area contributed by atoms with Crippen LogP contribution in [0.5, 0.6) is 5.75 Å². The first kappa shape index (κ1) is 17.2. The third-order valence-corrected chi connectivity index (χ3v) is 3.86. The lowest BCUT2D eigenvalue weighted by Crippen LogP contribution is -2.37. The van der Waals surface area contributed by atoms with Crippen LogP contribution in [0.2, 0.25) is 5.02 Å². The second kappa shape index (κ2) is 9.06. The molecule has 0 aliphatic rings. The van der Waals surface area contributed by atoms with E-state index in [1.165, 1.54) is 5.56 Å². The van der Waals surface area contributed by atoms with Gasteiger partial charge in [-0.15, -0.1) is 0 Å². The van der Waals surface area contributed by atoms with Crippen molar-refractivity contribution in [3.63, 3.8) is 0 Å². The average molecular weight is 332 g/mol. The zero-order valence-corrected chi connectivity index (χ0v) is 14.2. The van der Waals surface area contributed by atoms with Gasteiger partial charge >= 0.3 is 0 Å². The van der Waals surface area contributed by atoms with Gasteiger partial charge < -0.3 is 15.4 Å². The van der Waals surface area contributed by atoms with E-state index < -0.39 is 0 Å². The van der Waals surface area contributed by atoms with E-state index in [-0.39, 0.29) is 0 Å². The van der Waals surface area contributed by atoms with Crippen molar-refractivity contribution in [2.75, 3.05) is 20.7 Å². The third kappa shape index (κ3) is 5.49. The first-order chi connectivity index (χ1) is 11.2. The molecule has 2 N–H and O–H groups in total. The van der Waals surface area contributed by atoms with E-state index in [9.17, 15) is 0 Å². The highest BCUT2D eigenvalue weighted by molar-refractivity contribution is 6.31. The Balaban J connectivity index is 1.77. The summed E-state index contributed by atoms with van der Waals surface area (Å²) >= 11 is 6.15. The van der Waals surface area contributed by atoms with Gasteiger partial charge in [-0.2, -0.15) is 0 Å². The number of methoxy groups -OCH3 is 1. The summed E-state index contributed by atoms with van der Waals surface area (Å²) in [5.41, 5.74) is 2.30. The smallest absolute Gasteiger partial charge is 0.191 e. The normalized spacial score (nSPS) is 11.2. The van der Waals surface area contributed by atoms with E-state index in [0.717, 1.165) is 35.3 Å². The third-order valence-electron chi connectivity index (χ3n) is 3.49. The highest BCUT2D eigenvalue weighted by Crippen LogP contribution is 2.14. The summed E-state index contributed by atoms with van der Waals surface area (Å²) in [6, 6.07) is 15.9. The number of ether oxygens (including phenoxy) is 1. The average Bonchev–Trinajstić information content (AvgIpc) is 2.59. The molecule has 0 saturated heterocycles. The Hall–Kier alpha value is -2.20. The summed E-state index contributed by atoms with van der Waals surface area (Å²) in [6.07, 6.45) is 0.913. The lowest BCUT2D eigenvalue weighted by molar-refractivity contribution is 0.414. The van der Waals surface area contributed by atoms with Gasteiger partial charge in [-0.25, -0.2) is 0 Å². The van der Waals surface area contributed by atoms with Gasteiger partial charge in [-0.1, -0.05) is 41.9 Å². The Morgan fingerprint density at radius 2 is 1.83 bits per heavy atom. The van der Waals surface area contributed by atoms with Gasteiger partial charge in [0.25, 0.3) is 0 Å². The van der Waals surface area contributed by atoms with E-state index in [0.29, 0.717) is 6.54 Å². The van der Waals surface area contributed by atoms with E-state index in [4.69, 9.17) is 16.3 Å². The van der Waals surface area contributed by atoms with Crippen LogP contribution in [0.1, 0.15) is 11.1 Å². The number of hydrogen-bond donors (Lipinski definition) is 2. The molecule has 122 valence electrons. The van der Waals surface area contributed by atoms with Gasteiger partial charge in [-0.3, -0.25) is 4.99 Å². The summed E-state index contributed by atoms with van der Waals surface area (Å²) < 4.78 is 5.16. The molecular weight excluding hydrogens is 310 g/mol. The minimum Gasteiger partial charge on any atom is -0.497 e. The molecule has 5 heteroatoms. The van der Waals surface area contributed by atoms with Gasteiger partial charge in [0.05, 0.1) is 7.11 Å². The van der Waals surface area contributed by atoms with Crippen LogP contribution in [-0.4, -0.2) is 26.7 Å². The van der Waals surface area contributed by atoms with Crippen molar-refractivity contribution >= 4 is 17.6 Å². The predicted molar refractivity (Wildman–Crippen MR) is 96.4 cm³/mol. The van der Waals surface area contributed by atoms with Crippen molar-refractivity contribution < 1.29 is 4.74 Å². The highest BCUT2D eigenvalue weighted by Gasteiger charge is 2.02. The Kier molecular flexibility index (Phi) is 6.76. The molecule has 2 aromatic carbocycles. The fourth-order valence-corrected chi connectivity index (χ4v) is 2.36. The lowest BCUT2D eigenvalue weighted by Gasteiger charge is -2.12. The monoisotopic (exact) mass is 331 g/mol. The highest BCUT2D eigenvalue weighted by atomic mass is 35.5. The van der Waals surface area contributed by atoms with Crippen LogP contribution in [0, 0.1) is 0 Å². The fourth-order valence-electron chi connectivity index (χ4n) is 2.16. The van der Waals surface area contributed by atoms with Gasteiger partial charge in [0.1, 0.15) is 5.75 Å². The Labute approximate surface area is 142 Å². The number of nitrogens with zero attached hydrogens (tertiary/aromatic N) is 1. The quantitative estimate of drug-likeness (QED) is 0.631.